The van der Waals surface area contributed by atoms with Gasteiger partial charge < -0.3 is 28.9 Å². The van der Waals surface area contributed by atoms with Crippen LogP contribution in [-0.4, -0.2) is 68.1 Å². The van der Waals surface area contributed by atoms with Crippen LogP contribution in [0.25, 0.3) is 90.9 Å². The van der Waals surface area contributed by atoms with Crippen molar-refractivity contribution in [2.24, 2.45) is 0 Å². The SMILES string of the molecule is COc1cccc(OC)c1-c1c2nc(c(-c3cc([N+](=O)[O-])cc([N+](=O)[O-])c3)c3ccc([nH]3)c(-c3c(OC)cccc3OC)c3nc(c(-c4cc([N+](=O)[O-])cc([N+](=O)[O-])c4)c4ccc1[nH]4)C=C3)C=C2. The molecule has 0 radical (unpaired) electrons. The molecule has 0 atom stereocenters. The number of nitro groups is 4. The van der Waals surface area contributed by atoms with Crippen LogP contribution in [0.15, 0.2) is 97.1 Å². The number of rotatable bonds is 12. The van der Waals surface area contributed by atoms with Crippen molar-refractivity contribution in [1.29, 1.82) is 0 Å². The lowest BCUT2D eigenvalue weighted by Crippen LogP contribution is -1.97. The van der Waals surface area contributed by atoms with Crippen molar-refractivity contribution >= 4 is 69.1 Å². The van der Waals surface area contributed by atoms with E-state index in [2.05, 4.69) is 9.97 Å². The van der Waals surface area contributed by atoms with E-state index < -0.39 is 42.4 Å². The summed E-state index contributed by atoms with van der Waals surface area (Å²) >= 11 is 0. The van der Waals surface area contributed by atoms with Crippen molar-refractivity contribution in [2.75, 3.05) is 28.4 Å². The molecule has 0 amide bonds. The molecule has 20 nitrogen and oxygen atoms in total. The van der Waals surface area contributed by atoms with Crippen LogP contribution < -0.4 is 18.9 Å². The molecule has 2 aliphatic rings. The second kappa shape index (κ2) is 17.3. The van der Waals surface area contributed by atoms with E-state index in [9.17, 15) is 40.5 Å². The summed E-state index contributed by atoms with van der Waals surface area (Å²) in [5.74, 6) is 1.49. The van der Waals surface area contributed by atoms with Crippen molar-refractivity contribution < 1.29 is 38.6 Å². The highest BCUT2D eigenvalue weighted by Crippen LogP contribution is 2.47. The average Bonchev–Trinajstić information content (AvgIpc) is 4.20. The summed E-state index contributed by atoms with van der Waals surface area (Å²) < 4.78 is 23.5. The number of fused-ring (bicyclic) bond motifs is 8. The number of nitro benzene ring substituents is 4. The van der Waals surface area contributed by atoms with Gasteiger partial charge in [0.1, 0.15) is 23.0 Å². The molecule has 0 fully saturated rings. The largest absolute Gasteiger partial charge is 0.496 e. The molecule has 3 aromatic heterocycles. The molecule has 8 bridgehead atoms. The van der Waals surface area contributed by atoms with E-state index in [1.807, 2.05) is 0 Å². The number of methoxy groups -OCH3 is 4. The molecule has 7 aromatic rings. The number of aromatic amines is 2. The number of hydrogen-bond donors (Lipinski definition) is 2. The van der Waals surface area contributed by atoms with Crippen molar-refractivity contribution in [1.82, 2.24) is 19.9 Å². The zero-order valence-electron chi connectivity index (χ0n) is 36.1. The number of H-pyrrole nitrogens is 2. The fraction of sp³-hybridized carbons (Fsp3) is 0.0833. The molecule has 5 heterocycles. The van der Waals surface area contributed by atoms with Crippen molar-refractivity contribution in [3.05, 3.63) is 160 Å². The minimum atomic E-state index is -0.713. The van der Waals surface area contributed by atoms with E-state index in [1.165, 1.54) is 52.7 Å². The zero-order valence-corrected chi connectivity index (χ0v) is 36.1. The van der Waals surface area contributed by atoms with Gasteiger partial charge in [0.15, 0.2) is 0 Å². The maximum Gasteiger partial charge on any atom is 0.276 e. The minimum absolute atomic E-state index is 0.0964. The molecule has 9 rings (SSSR count). The first-order valence-corrected chi connectivity index (χ1v) is 20.3. The third kappa shape index (κ3) is 7.62. The summed E-state index contributed by atoms with van der Waals surface area (Å²) in [5.41, 5.74) is 2.91. The Hall–Kier alpha value is -9.72. The second-order valence-electron chi connectivity index (χ2n) is 15.1. The van der Waals surface area contributed by atoms with Gasteiger partial charge in [-0.2, -0.15) is 0 Å². The summed E-state index contributed by atoms with van der Waals surface area (Å²) in [6, 6.07) is 23.9. The van der Waals surface area contributed by atoms with Gasteiger partial charge in [0, 0.05) is 68.6 Å². The minimum Gasteiger partial charge on any atom is -0.496 e. The molecular formula is C48H34N8O12. The lowest BCUT2D eigenvalue weighted by Gasteiger charge is -2.14. The first kappa shape index (κ1) is 43.5. The van der Waals surface area contributed by atoms with Crippen LogP contribution in [0.5, 0.6) is 23.0 Å². The van der Waals surface area contributed by atoms with Crippen LogP contribution in [0.2, 0.25) is 0 Å². The Balaban J connectivity index is 1.55. The Morgan fingerprint density at radius 1 is 0.382 bits per heavy atom. The van der Waals surface area contributed by atoms with Gasteiger partial charge in [0.05, 0.1) is 94.2 Å². The van der Waals surface area contributed by atoms with Crippen molar-refractivity contribution in [2.45, 2.75) is 0 Å². The lowest BCUT2D eigenvalue weighted by atomic mass is 10.0. The summed E-state index contributed by atoms with van der Waals surface area (Å²) in [5, 5.41) is 49.2. The van der Waals surface area contributed by atoms with Gasteiger partial charge >= 0.3 is 0 Å². The average molecular weight is 915 g/mol. The Bertz CT molecular complexity index is 3220. The molecule has 0 spiro atoms. The van der Waals surface area contributed by atoms with E-state index in [0.29, 0.717) is 78.7 Å². The van der Waals surface area contributed by atoms with E-state index >= 15 is 0 Å². The Morgan fingerprint density at radius 3 is 0.912 bits per heavy atom. The predicted octanol–water partition coefficient (Wildman–Crippen LogP) is 11.0. The van der Waals surface area contributed by atoms with E-state index in [1.54, 1.807) is 85.0 Å². The monoisotopic (exact) mass is 914 g/mol. The van der Waals surface area contributed by atoms with Crippen molar-refractivity contribution in [3.8, 4) is 67.5 Å². The highest BCUT2D eigenvalue weighted by molar-refractivity contribution is 6.02. The first-order valence-electron chi connectivity index (χ1n) is 20.3. The van der Waals surface area contributed by atoms with Crippen LogP contribution in [0.3, 0.4) is 0 Å². The lowest BCUT2D eigenvalue weighted by molar-refractivity contribution is -0.394. The van der Waals surface area contributed by atoms with E-state index in [4.69, 9.17) is 28.9 Å². The number of ether oxygens (including phenoxy) is 4. The van der Waals surface area contributed by atoms with Crippen LogP contribution >= 0.6 is 0 Å². The number of hydrogen-bond acceptors (Lipinski definition) is 14. The van der Waals surface area contributed by atoms with Gasteiger partial charge in [-0.15, -0.1) is 0 Å². The van der Waals surface area contributed by atoms with Gasteiger partial charge in [-0.25, -0.2) is 9.97 Å². The number of nitrogens with one attached hydrogen (secondary N) is 2. The maximum absolute atomic E-state index is 12.3. The zero-order chi connectivity index (χ0) is 48.0. The molecule has 338 valence electrons. The molecular weight excluding hydrogens is 881 g/mol. The molecule has 4 aromatic carbocycles. The highest BCUT2D eigenvalue weighted by Gasteiger charge is 2.27. The van der Waals surface area contributed by atoms with E-state index in [-0.39, 0.29) is 33.6 Å². The standard InChI is InChI=1S/C48H34N8O12/c1-65-39-7-5-8-40(66-2)47(39)45-35-15-11-31(49-35)43(25-19-27(53(57)58)23-28(20-25)54(59)60)33-13-17-37(51-33)46(48-41(67-3)9-6-10-42(48)68-4)38-18-14-34(52-38)44(32-12-16-36(45)50-32)26-21-29(55(61)62)24-30(22-26)56(63)64/h5-24,49,52H,1-4H3. The van der Waals surface area contributed by atoms with Gasteiger partial charge in [0.2, 0.25) is 0 Å². The number of nitrogens with zero attached hydrogens (tertiary/aromatic N) is 6. The molecule has 0 saturated heterocycles. The topological polar surface area (TPSA) is 267 Å². The Labute approximate surface area is 383 Å². The number of benzene rings is 4. The van der Waals surface area contributed by atoms with Crippen molar-refractivity contribution in [3.63, 3.8) is 0 Å². The summed E-state index contributed by atoms with van der Waals surface area (Å²) in [6.07, 6.45) is 6.72. The van der Waals surface area contributed by atoms with Crippen LogP contribution in [-0.2, 0) is 0 Å². The first-order chi connectivity index (χ1) is 32.8. The van der Waals surface area contributed by atoms with Crippen LogP contribution in [0.1, 0.15) is 22.8 Å². The smallest absolute Gasteiger partial charge is 0.276 e. The van der Waals surface area contributed by atoms with Gasteiger partial charge in [0.25, 0.3) is 22.7 Å². The third-order valence-corrected chi connectivity index (χ3v) is 11.3. The molecule has 2 aliphatic heterocycles. The van der Waals surface area contributed by atoms with Crippen LogP contribution in [0, 0.1) is 40.5 Å². The summed E-state index contributed by atoms with van der Waals surface area (Å²) in [7, 11) is 5.92. The fourth-order valence-electron chi connectivity index (χ4n) is 8.43. The molecule has 0 unspecified atom stereocenters. The summed E-state index contributed by atoms with van der Waals surface area (Å²) in [4.78, 5) is 63.4. The molecule has 68 heavy (non-hydrogen) atoms. The molecule has 0 aliphatic carbocycles. The van der Waals surface area contributed by atoms with Gasteiger partial charge in [-0.05, 0) is 84.0 Å². The summed E-state index contributed by atoms with van der Waals surface area (Å²) in [6.45, 7) is 0. The molecule has 2 N–H and O–H groups in total. The highest BCUT2D eigenvalue weighted by atomic mass is 16.6. The third-order valence-electron chi connectivity index (χ3n) is 11.3. The Morgan fingerprint density at radius 2 is 0.647 bits per heavy atom. The number of non-ortho nitro benzene ring substituents is 4. The van der Waals surface area contributed by atoms with Crippen LogP contribution in [0.4, 0.5) is 22.7 Å². The maximum atomic E-state index is 12.3. The normalized spacial score (nSPS) is 11.6. The van der Waals surface area contributed by atoms with Gasteiger partial charge in [-0.3, -0.25) is 40.5 Å². The molecule has 0 saturated carbocycles. The van der Waals surface area contributed by atoms with Gasteiger partial charge in [-0.1, -0.05) is 12.1 Å². The predicted molar refractivity (Wildman–Crippen MR) is 253 cm³/mol. The van der Waals surface area contributed by atoms with E-state index in [0.717, 1.165) is 12.1 Å². The molecule has 20 heteroatoms. The Kier molecular flexibility index (Phi) is 11.1. The number of aromatic nitrogens is 4. The fourth-order valence-corrected chi connectivity index (χ4v) is 8.43. The quantitative estimate of drug-likeness (QED) is 0.0852. The second-order valence-corrected chi connectivity index (χ2v) is 15.1.